The summed E-state index contributed by atoms with van der Waals surface area (Å²) in [5.41, 5.74) is 2.57. The van der Waals surface area contributed by atoms with Gasteiger partial charge in [-0.1, -0.05) is 30.3 Å². The first-order chi connectivity index (χ1) is 16.4. The Balaban J connectivity index is 1.33. The van der Waals surface area contributed by atoms with E-state index in [2.05, 4.69) is 9.82 Å². The summed E-state index contributed by atoms with van der Waals surface area (Å²) in [4.78, 5) is 14.2. The first kappa shape index (κ1) is 23.2. The Hall–Kier alpha value is -3.95. The molecule has 0 bridgehead atoms. The zero-order valence-corrected chi connectivity index (χ0v) is 19.4. The number of hydrogen-bond donors (Lipinski definition) is 1. The van der Waals surface area contributed by atoms with Crippen molar-refractivity contribution < 1.29 is 17.6 Å². The number of furan rings is 1. The van der Waals surface area contributed by atoms with Crippen molar-refractivity contribution in [3.8, 4) is 5.69 Å². The second-order valence-corrected chi connectivity index (χ2v) is 9.40. The molecule has 0 spiro atoms. The van der Waals surface area contributed by atoms with E-state index < -0.39 is 10.0 Å². The number of nitrogens with one attached hydrogen (secondary N) is 1. The largest absolute Gasteiger partial charge is 0.468 e. The third-order valence-corrected chi connectivity index (χ3v) is 6.50. The molecule has 0 aliphatic rings. The zero-order chi connectivity index (χ0) is 24.0. The smallest absolute Gasteiger partial charge is 0.246 e. The molecule has 2 aromatic heterocycles. The average molecular weight is 477 g/mol. The van der Waals surface area contributed by atoms with Gasteiger partial charge in [-0.05, 0) is 48.0 Å². The van der Waals surface area contributed by atoms with Crippen LogP contribution in [-0.2, 0) is 27.9 Å². The van der Waals surface area contributed by atoms with Crippen molar-refractivity contribution in [3.05, 3.63) is 108 Å². The van der Waals surface area contributed by atoms with Gasteiger partial charge in [0.05, 0.1) is 29.6 Å². The fourth-order valence-electron chi connectivity index (χ4n) is 3.23. The highest BCUT2D eigenvalue weighted by Crippen LogP contribution is 2.14. The Morgan fingerprint density at radius 2 is 1.85 bits per heavy atom. The summed E-state index contributed by atoms with van der Waals surface area (Å²) in [6.45, 7) is 0.483. The van der Waals surface area contributed by atoms with E-state index in [1.807, 2.05) is 36.5 Å². The molecule has 0 saturated carbocycles. The molecule has 4 rings (SSSR count). The number of sulfonamides is 1. The van der Waals surface area contributed by atoms with E-state index >= 15 is 0 Å². The van der Waals surface area contributed by atoms with Gasteiger partial charge < -0.3 is 9.32 Å². The molecule has 1 N–H and O–H groups in total. The van der Waals surface area contributed by atoms with E-state index in [1.165, 1.54) is 24.5 Å². The molecule has 0 fully saturated rings. The van der Waals surface area contributed by atoms with E-state index in [-0.39, 0.29) is 17.3 Å². The molecule has 0 radical (unpaired) electrons. The third-order valence-electron chi connectivity index (χ3n) is 5.08. The first-order valence-corrected chi connectivity index (χ1v) is 12.0. The lowest BCUT2D eigenvalue weighted by Crippen LogP contribution is -2.23. The molecular formula is C25H24N4O4S. The monoisotopic (exact) mass is 476 g/mol. The van der Waals surface area contributed by atoms with Gasteiger partial charge in [0.2, 0.25) is 15.9 Å². The summed E-state index contributed by atoms with van der Waals surface area (Å²) in [5, 5.41) is 4.35. The molecule has 34 heavy (non-hydrogen) atoms. The second-order valence-electron chi connectivity index (χ2n) is 7.63. The van der Waals surface area contributed by atoms with E-state index in [0.29, 0.717) is 17.9 Å². The van der Waals surface area contributed by atoms with E-state index in [0.717, 1.165) is 11.3 Å². The lowest BCUT2D eigenvalue weighted by atomic mass is 10.2. The minimum atomic E-state index is -3.67. The third kappa shape index (κ3) is 5.89. The number of aromatic nitrogens is 2. The van der Waals surface area contributed by atoms with E-state index in [9.17, 15) is 13.2 Å². The molecule has 0 saturated heterocycles. The molecule has 0 unspecified atom stereocenters. The average Bonchev–Trinajstić information content (AvgIpc) is 3.54. The van der Waals surface area contributed by atoms with Gasteiger partial charge in [-0.15, -0.1) is 0 Å². The number of amides is 1. The number of carbonyl (C=O) groups is 1. The van der Waals surface area contributed by atoms with Gasteiger partial charge in [-0.25, -0.2) is 17.8 Å². The Kier molecular flexibility index (Phi) is 7.05. The number of carbonyl (C=O) groups excluding carboxylic acids is 1. The minimum Gasteiger partial charge on any atom is -0.468 e. The molecule has 9 heteroatoms. The summed E-state index contributed by atoms with van der Waals surface area (Å²) in [7, 11) is -1.95. The van der Waals surface area contributed by atoms with Gasteiger partial charge in [0, 0.05) is 31.4 Å². The number of nitrogens with zero attached hydrogens (tertiary/aromatic N) is 3. The van der Waals surface area contributed by atoms with Crippen LogP contribution in [0.25, 0.3) is 11.8 Å². The van der Waals surface area contributed by atoms with Crippen molar-refractivity contribution >= 4 is 22.0 Å². The second kappa shape index (κ2) is 10.3. The fraction of sp³-hybridized carbons (Fsp3) is 0.120. The Bertz CT molecular complexity index is 1360. The minimum absolute atomic E-state index is 0.0715. The highest BCUT2D eigenvalue weighted by Gasteiger charge is 2.14. The maximum absolute atomic E-state index is 12.5. The lowest BCUT2D eigenvalue weighted by Gasteiger charge is -2.13. The summed E-state index contributed by atoms with van der Waals surface area (Å²) < 4.78 is 34.2. The molecule has 174 valence electrons. The van der Waals surface area contributed by atoms with Crippen molar-refractivity contribution in [3.63, 3.8) is 0 Å². The van der Waals surface area contributed by atoms with Crippen LogP contribution in [-0.4, -0.2) is 36.1 Å². The van der Waals surface area contributed by atoms with Crippen LogP contribution >= 0.6 is 0 Å². The van der Waals surface area contributed by atoms with Crippen LogP contribution in [0.15, 0.2) is 101 Å². The topological polar surface area (TPSA) is 97.4 Å². The van der Waals surface area contributed by atoms with Gasteiger partial charge in [0.25, 0.3) is 0 Å². The number of rotatable bonds is 9. The van der Waals surface area contributed by atoms with Crippen LogP contribution in [0.1, 0.15) is 16.9 Å². The van der Waals surface area contributed by atoms with Crippen molar-refractivity contribution in [1.29, 1.82) is 0 Å². The SMILES string of the molecule is CN(Cc1cnn(-c2ccccc2)c1)C(=O)/C=C/c1ccc(S(=O)(=O)NCc2ccco2)cc1. The molecule has 0 aliphatic heterocycles. The van der Waals surface area contributed by atoms with Crippen molar-refractivity contribution in [1.82, 2.24) is 19.4 Å². The van der Waals surface area contributed by atoms with E-state index in [1.54, 1.807) is 53.2 Å². The maximum atomic E-state index is 12.5. The number of benzene rings is 2. The van der Waals surface area contributed by atoms with Crippen molar-refractivity contribution in [2.24, 2.45) is 0 Å². The molecular weight excluding hydrogens is 452 g/mol. The molecule has 0 atom stereocenters. The maximum Gasteiger partial charge on any atom is 0.246 e. The van der Waals surface area contributed by atoms with Crippen LogP contribution in [0.4, 0.5) is 0 Å². The van der Waals surface area contributed by atoms with Crippen LogP contribution in [0.2, 0.25) is 0 Å². The van der Waals surface area contributed by atoms with Crippen molar-refractivity contribution in [2.45, 2.75) is 18.0 Å². The van der Waals surface area contributed by atoms with Gasteiger partial charge >= 0.3 is 0 Å². The summed E-state index contributed by atoms with van der Waals surface area (Å²) in [6, 6.07) is 19.4. The summed E-state index contributed by atoms with van der Waals surface area (Å²) in [5.74, 6) is 0.349. The van der Waals surface area contributed by atoms with Crippen LogP contribution in [0, 0.1) is 0 Å². The molecule has 1 amide bonds. The highest BCUT2D eigenvalue weighted by atomic mass is 32.2. The zero-order valence-electron chi connectivity index (χ0n) is 18.5. The van der Waals surface area contributed by atoms with Crippen molar-refractivity contribution in [2.75, 3.05) is 7.05 Å². The lowest BCUT2D eigenvalue weighted by molar-refractivity contribution is -0.125. The van der Waals surface area contributed by atoms with Gasteiger partial charge in [-0.2, -0.15) is 5.10 Å². The van der Waals surface area contributed by atoms with Gasteiger partial charge in [-0.3, -0.25) is 4.79 Å². The van der Waals surface area contributed by atoms with Crippen LogP contribution in [0.5, 0.6) is 0 Å². The van der Waals surface area contributed by atoms with Crippen LogP contribution in [0.3, 0.4) is 0 Å². The predicted octanol–water partition coefficient (Wildman–Crippen LogP) is 3.62. The molecule has 0 aliphatic carbocycles. The Labute approximate surface area is 198 Å². The molecule has 2 aromatic carbocycles. The van der Waals surface area contributed by atoms with Crippen LogP contribution < -0.4 is 4.72 Å². The normalized spacial score (nSPS) is 11.7. The quantitative estimate of drug-likeness (QED) is 0.372. The Morgan fingerprint density at radius 1 is 1.09 bits per heavy atom. The molecule has 4 aromatic rings. The number of para-hydroxylation sites is 1. The summed E-state index contributed by atoms with van der Waals surface area (Å²) >= 11 is 0. The summed E-state index contributed by atoms with van der Waals surface area (Å²) in [6.07, 6.45) is 8.22. The number of hydrogen-bond acceptors (Lipinski definition) is 5. The molecule has 8 nitrogen and oxygen atoms in total. The first-order valence-electron chi connectivity index (χ1n) is 10.5. The van der Waals surface area contributed by atoms with Gasteiger partial charge in [0.15, 0.2) is 0 Å². The van der Waals surface area contributed by atoms with E-state index in [4.69, 9.17) is 4.42 Å². The molecule has 2 heterocycles. The predicted molar refractivity (Wildman–Crippen MR) is 128 cm³/mol. The Morgan fingerprint density at radius 3 is 2.56 bits per heavy atom. The highest BCUT2D eigenvalue weighted by molar-refractivity contribution is 7.89. The fourth-order valence-corrected chi connectivity index (χ4v) is 4.22. The number of likely N-dealkylation sites (N-methyl/N-ethyl adjacent to an activating group) is 1. The van der Waals surface area contributed by atoms with Gasteiger partial charge in [0.1, 0.15) is 5.76 Å². The standard InChI is InChI=1S/C25H24N4O4S/c1-28(18-21-16-26-29(19-21)22-6-3-2-4-7-22)25(30)14-11-20-9-12-24(13-10-20)34(31,32)27-17-23-8-5-15-33-23/h2-16,19,27H,17-18H2,1H3/b14-11+.